The minimum atomic E-state index is -0.0376. The van der Waals surface area contributed by atoms with E-state index in [1.165, 1.54) is 6.33 Å². The third-order valence-electron chi connectivity index (χ3n) is 2.40. The summed E-state index contributed by atoms with van der Waals surface area (Å²) in [6.07, 6.45) is 1.49. The molecule has 0 atom stereocenters. The van der Waals surface area contributed by atoms with Crippen molar-refractivity contribution in [2.45, 2.75) is 30.8 Å². The fourth-order valence-corrected chi connectivity index (χ4v) is 2.25. The third kappa shape index (κ3) is 4.10. The maximum absolute atomic E-state index is 11.8. The molecule has 1 aromatic heterocycles. The molecule has 0 bridgehead atoms. The van der Waals surface area contributed by atoms with Crippen LogP contribution in [0.3, 0.4) is 0 Å². The van der Waals surface area contributed by atoms with Crippen molar-refractivity contribution in [3.8, 4) is 0 Å². The molecule has 0 aliphatic heterocycles. The lowest BCUT2D eigenvalue weighted by Crippen LogP contribution is -2.29. The summed E-state index contributed by atoms with van der Waals surface area (Å²) in [6, 6.07) is 7.74. The molecule has 19 heavy (non-hydrogen) atoms. The van der Waals surface area contributed by atoms with E-state index in [-0.39, 0.29) is 11.9 Å². The minimum Gasteiger partial charge on any atom is -0.350 e. The summed E-state index contributed by atoms with van der Waals surface area (Å²) in [5, 5.41) is 10.2. The molecule has 0 aliphatic carbocycles. The highest BCUT2D eigenvalue weighted by Gasteiger charge is 2.06. The van der Waals surface area contributed by atoms with Crippen molar-refractivity contribution < 1.29 is 4.79 Å². The summed E-state index contributed by atoms with van der Waals surface area (Å²) in [5.74, 6) is 0.755. The van der Waals surface area contributed by atoms with Crippen molar-refractivity contribution in [2.24, 2.45) is 0 Å². The summed E-state index contributed by atoms with van der Waals surface area (Å²) in [7, 11) is 0. The van der Waals surface area contributed by atoms with Crippen LogP contribution in [-0.4, -0.2) is 27.1 Å². The van der Waals surface area contributed by atoms with E-state index in [2.05, 4.69) is 20.5 Å². The van der Waals surface area contributed by atoms with Crippen LogP contribution in [-0.2, 0) is 5.75 Å². The van der Waals surface area contributed by atoms with Gasteiger partial charge in [0, 0.05) is 17.4 Å². The average Bonchev–Trinajstić information content (AvgIpc) is 2.89. The van der Waals surface area contributed by atoms with Crippen LogP contribution < -0.4 is 5.32 Å². The topological polar surface area (TPSA) is 70.7 Å². The van der Waals surface area contributed by atoms with Gasteiger partial charge in [-0.05, 0) is 31.5 Å². The van der Waals surface area contributed by atoms with Crippen molar-refractivity contribution in [2.75, 3.05) is 0 Å². The maximum atomic E-state index is 11.8. The summed E-state index contributed by atoms with van der Waals surface area (Å²) in [6.45, 7) is 3.89. The molecule has 0 aliphatic rings. The third-order valence-corrected chi connectivity index (χ3v) is 3.35. The normalized spacial score (nSPS) is 10.7. The molecule has 2 N–H and O–H groups in total. The second kappa shape index (κ2) is 6.38. The molecular weight excluding hydrogens is 260 g/mol. The fourth-order valence-electron chi connectivity index (χ4n) is 1.51. The molecule has 0 saturated carbocycles. The van der Waals surface area contributed by atoms with Crippen molar-refractivity contribution in [1.82, 2.24) is 20.5 Å². The average molecular weight is 276 g/mol. The van der Waals surface area contributed by atoms with Gasteiger partial charge in [-0.2, -0.15) is 5.10 Å². The summed E-state index contributed by atoms with van der Waals surface area (Å²) >= 11 is 1.58. The SMILES string of the molecule is CC(C)NC(=O)c1ccc(CSc2ncn[nH]2)cc1. The van der Waals surface area contributed by atoms with Crippen LogP contribution in [0.4, 0.5) is 0 Å². The van der Waals surface area contributed by atoms with Gasteiger partial charge in [0.05, 0.1) is 0 Å². The molecule has 0 spiro atoms. The van der Waals surface area contributed by atoms with Crippen molar-refractivity contribution in [3.63, 3.8) is 0 Å². The summed E-state index contributed by atoms with van der Waals surface area (Å²) < 4.78 is 0. The molecule has 1 amide bonds. The largest absolute Gasteiger partial charge is 0.350 e. The lowest BCUT2D eigenvalue weighted by molar-refractivity contribution is 0.0943. The Balaban J connectivity index is 1.92. The quantitative estimate of drug-likeness (QED) is 0.822. The molecule has 0 saturated heterocycles. The van der Waals surface area contributed by atoms with Crippen LogP contribution >= 0.6 is 11.8 Å². The Morgan fingerprint density at radius 2 is 2.11 bits per heavy atom. The Morgan fingerprint density at radius 3 is 2.68 bits per heavy atom. The molecule has 0 fully saturated rings. The van der Waals surface area contributed by atoms with Gasteiger partial charge in [0.1, 0.15) is 6.33 Å². The fraction of sp³-hybridized carbons (Fsp3) is 0.308. The number of aromatic nitrogens is 3. The Kier molecular flexibility index (Phi) is 4.57. The minimum absolute atomic E-state index is 0.0376. The molecule has 2 aromatic rings. The predicted molar refractivity (Wildman–Crippen MR) is 75.0 cm³/mol. The monoisotopic (exact) mass is 276 g/mol. The first-order valence-corrected chi connectivity index (χ1v) is 7.01. The van der Waals surface area contributed by atoms with Crippen LogP contribution in [0.15, 0.2) is 35.7 Å². The number of carbonyl (C=O) groups is 1. The van der Waals surface area contributed by atoms with Gasteiger partial charge in [-0.25, -0.2) is 4.98 Å². The molecular formula is C13H16N4OS. The van der Waals surface area contributed by atoms with Crippen molar-refractivity contribution in [1.29, 1.82) is 0 Å². The molecule has 1 heterocycles. The highest BCUT2D eigenvalue weighted by molar-refractivity contribution is 7.98. The first kappa shape index (κ1) is 13.6. The van der Waals surface area contributed by atoms with Gasteiger partial charge in [0.15, 0.2) is 5.16 Å². The Morgan fingerprint density at radius 1 is 1.37 bits per heavy atom. The molecule has 6 heteroatoms. The van der Waals surface area contributed by atoms with E-state index in [4.69, 9.17) is 0 Å². The van der Waals surface area contributed by atoms with E-state index in [1.54, 1.807) is 11.8 Å². The standard InChI is InChI=1S/C13H16N4OS/c1-9(2)16-12(18)11-5-3-10(4-6-11)7-19-13-14-8-15-17-13/h3-6,8-9H,7H2,1-2H3,(H,16,18)(H,14,15,17). The van der Waals surface area contributed by atoms with Crippen LogP contribution in [0, 0.1) is 0 Å². The van der Waals surface area contributed by atoms with Gasteiger partial charge >= 0.3 is 0 Å². The first-order chi connectivity index (χ1) is 9.15. The number of H-pyrrole nitrogens is 1. The van der Waals surface area contributed by atoms with E-state index >= 15 is 0 Å². The van der Waals surface area contributed by atoms with Crippen molar-refractivity contribution >= 4 is 17.7 Å². The highest BCUT2D eigenvalue weighted by atomic mass is 32.2. The van der Waals surface area contributed by atoms with E-state index in [9.17, 15) is 4.79 Å². The Hall–Kier alpha value is -1.82. The second-order valence-electron chi connectivity index (χ2n) is 4.40. The van der Waals surface area contributed by atoms with E-state index in [0.717, 1.165) is 16.5 Å². The number of rotatable bonds is 5. The number of benzene rings is 1. The van der Waals surface area contributed by atoms with E-state index in [0.29, 0.717) is 5.56 Å². The Bertz CT molecular complexity index is 522. The van der Waals surface area contributed by atoms with Crippen molar-refractivity contribution in [3.05, 3.63) is 41.7 Å². The van der Waals surface area contributed by atoms with Gasteiger partial charge in [-0.3, -0.25) is 9.89 Å². The summed E-state index contributed by atoms with van der Waals surface area (Å²) in [4.78, 5) is 15.8. The summed E-state index contributed by atoms with van der Waals surface area (Å²) in [5.41, 5.74) is 1.82. The van der Waals surface area contributed by atoms with E-state index in [1.807, 2.05) is 38.1 Å². The molecule has 0 unspecified atom stereocenters. The molecule has 2 rings (SSSR count). The number of nitrogens with zero attached hydrogens (tertiary/aromatic N) is 2. The number of carbonyl (C=O) groups excluding carboxylic acids is 1. The number of nitrogens with one attached hydrogen (secondary N) is 2. The second-order valence-corrected chi connectivity index (χ2v) is 5.37. The van der Waals surface area contributed by atoms with Gasteiger partial charge in [-0.15, -0.1) is 0 Å². The highest BCUT2D eigenvalue weighted by Crippen LogP contribution is 2.18. The van der Waals surface area contributed by atoms with Crippen LogP contribution in [0.2, 0.25) is 0 Å². The van der Waals surface area contributed by atoms with Gasteiger partial charge in [0.25, 0.3) is 5.91 Å². The van der Waals surface area contributed by atoms with E-state index < -0.39 is 0 Å². The number of hydrogen-bond acceptors (Lipinski definition) is 4. The zero-order valence-corrected chi connectivity index (χ0v) is 11.7. The van der Waals surface area contributed by atoms with Gasteiger partial charge < -0.3 is 5.32 Å². The zero-order valence-electron chi connectivity index (χ0n) is 10.9. The number of hydrogen-bond donors (Lipinski definition) is 2. The number of thioether (sulfide) groups is 1. The molecule has 1 aromatic carbocycles. The predicted octanol–water partition coefficient (Wildman–Crippen LogP) is 2.24. The molecule has 0 radical (unpaired) electrons. The van der Waals surface area contributed by atoms with Crippen LogP contribution in [0.1, 0.15) is 29.8 Å². The lowest BCUT2D eigenvalue weighted by Gasteiger charge is -2.08. The van der Waals surface area contributed by atoms with Gasteiger partial charge in [-0.1, -0.05) is 23.9 Å². The Labute approximate surface area is 116 Å². The molecule has 100 valence electrons. The number of aromatic amines is 1. The zero-order chi connectivity index (χ0) is 13.7. The molecule has 5 nitrogen and oxygen atoms in total. The smallest absolute Gasteiger partial charge is 0.251 e. The lowest BCUT2D eigenvalue weighted by atomic mass is 10.1. The number of amides is 1. The van der Waals surface area contributed by atoms with Crippen LogP contribution in [0.5, 0.6) is 0 Å². The maximum Gasteiger partial charge on any atom is 0.251 e. The van der Waals surface area contributed by atoms with Gasteiger partial charge in [0.2, 0.25) is 0 Å². The van der Waals surface area contributed by atoms with Crippen LogP contribution in [0.25, 0.3) is 0 Å². The first-order valence-electron chi connectivity index (χ1n) is 6.03.